The molecule has 1 heteroatoms. The van der Waals surface area contributed by atoms with Crippen molar-refractivity contribution in [1.29, 1.82) is 0 Å². The summed E-state index contributed by atoms with van der Waals surface area (Å²) < 4.78 is 0. The first-order valence-electron chi connectivity index (χ1n) is 7.09. The molecule has 1 fully saturated rings. The first-order chi connectivity index (χ1) is 8.33. The van der Waals surface area contributed by atoms with Crippen molar-refractivity contribution in [3.05, 3.63) is 35.4 Å². The zero-order chi connectivity index (χ0) is 12.1. The Bertz CT molecular complexity index is 320. The van der Waals surface area contributed by atoms with Crippen LogP contribution in [-0.2, 0) is 6.42 Å². The van der Waals surface area contributed by atoms with Crippen LogP contribution in [0.4, 0.5) is 0 Å². The Labute approximate surface area is 106 Å². The highest BCUT2D eigenvalue weighted by Crippen LogP contribution is 2.32. The summed E-state index contributed by atoms with van der Waals surface area (Å²) in [5, 5.41) is 3.40. The molecule has 94 valence electrons. The molecular formula is C16H25N. The average Bonchev–Trinajstić information content (AvgIpc) is 2.40. The zero-order valence-electron chi connectivity index (χ0n) is 11.2. The number of hydrogen-bond donors (Lipinski definition) is 1. The summed E-state index contributed by atoms with van der Waals surface area (Å²) in [7, 11) is 2.09. The molecule has 2 rings (SSSR count). The summed E-state index contributed by atoms with van der Waals surface area (Å²) in [6, 6.07) is 10.1. The summed E-state index contributed by atoms with van der Waals surface area (Å²) in [4.78, 5) is 0. The standard InChI is InChI=1S/C16H25N/c1-3-4-13-5-7-14(8-6-13)15-9-11-16(17-2)12-10-15/h5-8,15-17H,3-4,9-12H2,1-2H3. The number of rotatable bonds is 4. The molecule has 0 saturated heterocycles. The van der Waals surface area contributed by atoms with Gasteiger partial charge in [0, 0.05) is 6.04 Å². The van der Waals surface area contributed by atoms with Crippen LogP contribution in [0.3, 0.4) is 0 Å². The molecule has 0 aromatic heterocycles. The van der Waals surface area contributed by atoms with Crippen LogP contribution in [0.2, 0.25) is 0 Å². The Morgan fingerprint density at radius 2 is 1.71 bits per heavy atom. The highest BCUT2D eigenvalue weighted by Gasteiger charge is 2.20. The lowest BCUT2D eigenvalue weighted by Gasteiger charge is -2.28. The molecular weight excluding hydrogens is 206 g/mol. The summed E-state index contributed by atoms with van der Waals surface area (Å²) >= 11 is 0. The van der Waals surface area contributed by atoms with Crippen LogP contribution in [0, 0.1) is 0 Å². The van der Waals surface area contributed by atoms with E-state index in [0.717, 1.165) is 12.0 Å². The molecule has 0 bridgehead atoms. The van der Waals surface area contributed by atoms with Crippen molar-refractivity contribution in [2.75, 3.05) is 7.05 Å². The minimum atomic E-state index is 0.755. The van der Waals surface area contributed by atoms with Crippen molar-refractivity contribution < 1.29 is 0 Å². The van der Waals surface area contributed by atoms with Crippen LogP contribution in [0.5, 0.6) is 0 Å². The lowest BCUT2D eigenvalue weighted by molar-refractivity contribution is 0.359. The lowest BCUT2D eigenvalue weighted by atomic mass is 9.81. The maximum atomic E-state index is 3.40. The first-order valence-corrected chi connectivity index (χ1v) is 7.09. The molecule has 1 aromatic carbocycles. The Morgan fingerprint density at radius 1 is 1.06 bits per heavy atom. The fourth-order valence-electron chi connectivity index (χ4n) is 2.96. The third-order valence-corrected chi connectivity index (χ3v) is 4.13. The number of hydrogen-bond acceptors (Lipinski definition) is 1. The molecule has 1 aliphatic carbocycles. The Hall–Kier alpha value is -0.820. The highest BCUT2D eigenvalue weighted by atomic mass is 14.9. The Kier molecular flexibility index (Phi) is 4.61. The van der Waals surface area contributed by atoms with E-state index in [1.807, 2.05) is 0 Å². The summed E-state index contributed by atoms with van der Waals surface area (Å²) in [5.74, 6) is 0.801. The lowest BCUT2D eigenvalue weighted by Crippen LogP contribution is -2.29. The Balaban J connectivity index is 1.94. The molecule has 1 saturated carbocycles. The molecule has 0 atom stereocenters. The zero-order valence-corrected chi connectivity index (χ0v) is 11.2. The van der Waals surface area contributed by atoms with Gasteiger partial charge in [-0.05, 0) is 56.2 Å². The summed E-state index contributed by atoms with van der Waals surface area (Å²) in [5.41, 5.74) is 3.04. The van der Waals surface area contributed by atoms with Crippen molar-refractivity contribution >= 4 is 0 Å². The van der Waals surface area contributed by atoms with E-state index in [9.17, 15) is 0 Å². The Morgan fingerprint density at radius 3 is 2.24 bits per heavy atom. The van der Waals surface area contributed by atoms with Gasteiger partial charge in [-0.1, -0.05) is 37.6 Å². The van der Waals surface area contributed by atoms with Crippen molar-refractivity contribution in [3.63, 3.8) is 0 Å². The molecule has 0 amide bonds. The van der Waals surface area contributed by atoms with Gasteiger partial charge in [-0.15, -0.1) is 0 Å². The van der Waals surface area contributed by atoms with Gasteiger partial charge in [0.25, 0.3) is 0 Å². The minimum Gasteiger partial charge on any atom is -0.317 e. The SMILES string of the molecule is CCCc1ccc(C2CCC(NC)CC2)cc1. The van der Waals surface area contributed by atoms with Crippen molar-refractivity contribution in [2.24, 2.45) is 0 Å². The fraction of sp³-hybridized carbons (Fsp3) is 0.625. The summed E-state index contributed by atoms with van der Waals surface area (Å²) in [6.07, 6.45) is 7.81. The van der Waals surface area contributed by atoms with Crippen molar-refractivity contribution in [1.82, 2.24) is 5.32 Å². The van der Waals surface area contributed by atoms with Crippen LogP contribution in [0.25, 0.3) is 0 Å². The number of nitrogens with one attached hydrogen (secondary N) is 1. The predicted molar refractivity (Wildman–Crippen MR) is 74.5 cm³/mol. The van der Waals surface area contributed by atoms with Crippen LogP contribution < -0.4 is 5.32 Å². The van der Waals surface area contributed by atoms with Gasteiger partial charge in [0.15, 0.2) is 0 Å². The van der Waals surface area contributed by atoms with E-state index < -0.39 is 0 Å². The van der Waals surface area contributed by atoms with Crippen molar-refractivity contribution in [2.45, 2.75) is 57.4 Å². The minimum absolute atomic E-state index is 0.755. The maximum absolute atomic E-state index is 3.40. The second-order valence-corrected chi connectivity index (χ2v) is 5.33. The van der Waals surface area contributed by atoms with E-state index in [-0.39, 0.29) is 0 Å². The number of benzene rings is 1. The summed E-state index contributed by atoms with van der Waals surface area (Å²) in [6.45, 7) is 2.24. The van der Waals surface area contributed by atoms with E-state index in [1.165, 1.54) is 44.1 Å². The van der Waals surface area contributed by atoms with Gasteiger partial charge in [0.05, 0.1) is 0 Å². The number of aryl methyl sites for hydroxylation is 1. The molecule has 0 heterocycles. The van der Waals surface area contributed by atoms with Gasteiger partial charge < -0.3 is 5.32 Å². The fourth-order valence-corrected chi connectivity index (χ4v) is 2.96. The molecule has 0 radical (unpaired) electrons. The third-order valence-electron chi connectivity index (χ3n) is 4.13. The molecule has 0 aliphatic heterocycles. The van der Waals surface area contributed by atoms with Crippen LogP contribution in [0.1, 0.15) is 56.1 Å². The maximum Gasteiger partial charge on any atom is 0.00644 e. The van der Waals surface area contributed by atoms with E-state index in [4.69, 9.17) is 0 Å². The molecule has 17 heavy (non-hydrogen) atoms. The molecule has 1 N–H and O–H groups in total. The monoisotopic (exact) mass is 231 g/mol. The third kappa shape index (κ3) is 3.32. The molecule has 1 aromatic rings. The first kappa shape index (κ1) is 12.6. The molecule has 1 aliphatic rings. The largest absolute Gasteiger partial charge is 0.317 e. The van der Waals surface area contributed by atoms with Crippen LogP contribution >= 0.6 is 0 Å². The van der Waals surface area contributed by atoms with Crippen molar-refractivity contribution in [3.8, 4) is 0 Å². The van der Waals surface area contributed by atoms with Crippen LogP contribution in [0.15, 0.2) is 24.3 Å². The van der Waals surface area contributed by atoms with Gasteiger partial charge in [0.1, 0.15) is 0 Å². The van der Waals surface area contributed by atoms with E-state index >= 15 is 0 Å². The topological polar surface area (TPSA) is 12.0 Å². The normalized spacial score (nSPS) is 24.8. The molecule has 0 spiro atoms. The molecule has 0 unspecified atom stereocenters. The van der Waals surface area contributed by atoms with Gasteiger partial charge >= 0.3 is 0 Å². The van der Waals surface area contributed by atoms with E-state index in [1.54, 1.807) is 5.56 Å². The van der Waals surface area contributed by atoms with Crippen LogP contribution in [-0.4, -0.2) is 13.1 Å². The average molecular weight is 231 g/mol. The molecule has 1 nitrogen and oxygen atoms in total. The quantitative estimate of drug-likeness (QED) is 0.829. The van der Waals surface area contributed by atoms with E-state index in [0.29, 0.717) is 0 Å². The van der Waals surface area contributed by atoms with Gasteiger partial charge in [-0.3, -0.25) is 0 Å². The van der Waals surface area contributed by atoms with Gasteiger partial charge in [-0.2, -0.15) is 0 Å². The second-order valence-electron chi connectivity index (χ2n) is 5.33. The second kappa shape index (κ2) is 6.20. The van der Waals surface area contributed by atoms with E-state index in [2.05, 4.69) is 43.6 Å². The smallest absolute Gasteiger partial charge is 0.00644 e. The van der Waals surface area contributed by atoms with Gasteiger partial charge in [-0.25, -0.2) is 0 Å². The highest BCUT2D eigenvalue weighted by molar-refractivity contribution is 5.26. The van der Waals surface area contributed by atoms with Gasteiger partial charge in [0.2, 0.25) is 0 Å². The predicted octanol–water partition coefficient (Wildman–Crippen LogP) is 3.88.